The Morgan fingerprint density at radius 2 is 1.89 bits per heavy atom. The number of para-hydroxylation sites is 1. The molecule has 2 aromatic carbocycles. The van der Waals surface area contributed by atoms with Gasteiger partial charge in [-0.15, -0.1) is 11.3 Å². The molecule has 6 heteroatoms. The third-order valence-electron chi connectivity index (χ3n) is 3.89. The Balaban J connectivity index is 1.64. The summed E-state index contributed by atoms with van der Waals surface area (Å²) in [6, 6.07) is 18.1. The Bertz CT molecular complexity index is 1180. The van der Waals surface area contributed by atoms with E-state index in [9.17, 15) is 14.4 Å². The van der Waals surface area contributed by atoms with Crippen molar-refractivity contribution >= 4 is 33.4 Å². The summed E-state index contributed by atoms with van der Waals surface area (Å²) in [5.74, 6) is 0.00113. The quantitative estimate of drug-likeness (QED) is 0.269. The van der Waals surface area contributed by atoms with Crippen molar-refractivity contribution in [3.63, 3.8) is 0 Å². The highest BCUT2D eigenvalue weighted by atomic mass is 32.1. The first-order valence-corrected chi connectivity index (χ1v) is 8.83. The molecule has 0 aliphatic rings. The molecular formula is C21H11FN2O2S. The normalized spacial score (nSPS) is 11.5. The molecule has 2 aromatic heterocycles. The molecule has 0 atom stereocenters. The summed E-state index contributed by atoms with van der Waals surface area (Å²) < 4.78 is 19.8. The van der Waals surface area contributed by atoms with Gasteiger partial charge in [-0.05, 0) is 48.5 Å². The number of carbonyl (C=O) groups is 1. The number of halogens is 1. The smallest absolute Gasteiger partial charge is 0.203 e. The lowest BCUT2D eigenvalue weighted by Gasteiger charge is -1.98. The van der Waals surface area contributed by atoms with E-state index in [1.807, 2.05) is 30.3 Å². The van der Waals surface area contributed by atoms with Gasteiger partial charge in [-0.3, -0.25) is 4.79 Å². The van der Waals surface area contributed by atoms with E-state index >= 15 is 0 Å². The van der Waals surface area contributed by atoms with Crippen molar-refractivity contribution in [1.29, 1.82) is 5.26 Å². The number of nitriles is 1. The van der Waals surface area contributed by atoms with Gasteiger partial charge < -0.3 is 4.42 Å². The highest BCUT2D eigenvalue weighted by Crippen LogP contribution is 2.31. The molecule has 0 aliphatic carbocycles. The Hall–Kier alpha value is -3.56. The van der Waals surface area contributed by atoms with Crippen LogP contribution in [0.15, 0.2) is 70.7 Å². The molecular weight excluding hydrogens is 363 g/mol. The van der Waals surface area contributed by atoms with Crippen LogP contribution in [0.1, 0.15) is 16.1 Å². The largest absolute Gasteiger partial charge is 0.454 e. The van der Waals surface area contributed by atoms with Gasteiger partial charge >= 0.3 is 0 Å². The molecule has 2 heterocycles. The molecule has 0 spiro atoms. The molecule has 4 nitrogen and oxygen atoms in total. The van der Waals surface area contributed by atoms with Crippen LogP contribution in [-0.2, 0) is 0 Å². The maximum absolute atomic E-state index is 13.0. The monoisotopic (exact) mass is 374 g/mol. The van der Waals surface area contributed by atoms with Crippen LogP contribution in [0.5, 0.6) is 0 Å². The molecule has 0 unspecified atom stereocenters. The first-order valence-electron chi connectivity index (χ1n) is 8.02. The number of nitrogens with zero attached hydrogens (tertiary/aromatic N) is 2. The fourth-order valence-electron chi connectivity index (χ4n) is 2.57. The predicted molar refractivity (Wildman–Crippen MR) is 102 cm³/mol. The van der Waals surface area contributed by atoms with Crippen LogP contribution in [0.3, 0.4) is 0 Å². The Morgan fingerprint density at radius 1 is 1.11 bits per heavy atom. The van der Waals surface area contributed by atoms with Crippen LogP contribution < -0.4 is 0 Å². The number of ketones is 1. The van der Waals surface area contributed by atoms with Gasteiger partial charge in [-0.25, -0.2) is 9.37 Å². The molecule has 4 rings (SSSR count). The van der Waals surface area contributed by atoms with E-state index in [4.69, 9.17) is 4.42 Å². The highest BCUT2D eigenvalue weighted by Gasteiger charge is 2.14. The summed E-state index contributed by atoms with van der Waals surface area (Å²) in [5.41, 5.74) is 1.03. The first kappa shape index (κ1) is 16.9. The lowest BCUT2D eigenvalue weighted by Crippen LogP contribution is -2.01. The minimum atomic E-state index is -0.490. The number of allylic oxidation sites excluding steroid dienone is 1. The maximum Gasteiger partial charge on any atom is 0.203 e. The van der Waals surface area contributed by atoms with Crippen molar-refractivity contribution in [3.05, 3.63) is 83.4 Å². The number of benzene rings is 2. The van der Waals surface area contributed by atoms with Crippen LogP contribution in [0.2, 0.25) is 0 Å². The number of aromatic nitrogens is 1. The lowest BCUT2D eigenvalue weighted by atomic mass is 10.0. The van der Waals surface area contributed by atoms with Gasteiger partial charge in [0.05, 0.1) is 10.2 Å². The van der Waals surface area contributed by atoms with Crippen molar-refractivity contribution in [1.82, 2.24) is 4.98 Å². The number of furan rings is 1. The topological polar surface area (TPSA) is 66.9 Å². The van der Waals surface area contributed by atoms with Gasteiger partial charge in [0.15, 0.2) is 10.8 Å². The fourth-order valence-corrected chi connectivity index (χ4v) is 3.50. The summed E-state index contributed by atoms with van der Waals surface area (Å²) in [4.78, 5) is 16.9. The average Bonchev–Trinajstić information content (AvgIpc) is 3.32. The van der Waals surface area contributed by atoms with Crippen LogP contribution >= 0.6 is 11.3 Å². The molecule has 4 aromatic rings. The molecule has 0 fully saturated rings. The predicted octanol–water partition coefficient (Wildman–Crippen LogP) is 5.49. The molecule has 0 amide bonds. The van der Waals surface area contributed by atoms with Gasteiger partial charge in [0.25, 0.3) is 0 Å². The zero-order valence-corrected chi connectivity index (χ0v) is 14.7. The summed E-state index contributed by atoms with van der Waals surface area (Å²) in [6.45, 7) is 0. The summed E-state index contributed by atoms with van der Waals surface area (Å²) >= 11 is 1.50. The van der Waals surface area contributed by atoms with Crippen LogP contribution in [0.25, 0.3) is 27.1 Å². The van der Waals surface area contributed by atoms with E-state index in [1.165, 1.54) is 41.7 Å². The maximum atomic E-state index is 13.0. The van der Waals surface area contributed by atoms with Crippen molar-refractivity contribution < 1.29 is 13.6 Å². The Kier molecular flexibility index (Phi) is 4.37. The van der Waals surface area contributed by atoms with Crippen LogP contribution in [-0.4, -0.2) is 10.8 Å². The number of hydrogen-bond acceptors (Lipinski definition) is 5. The number of Topliss-reactive ketones (excluding diaryl/α,β-unsaturated/α-hetero) is 1. The van der Waals surface area contributed by atoms with Crippen LogP contribution in [0.4, 0.5) is 4.39 Å². The van der Waals surface area contributed by atoms with E-state index < -0.39 is 11.6 Å². The summed E-state index contributed by atoms with van der Waals surface area (Å²) in [7, 11) is 0. The molecule has 0 bridgehead atoms. The zero-order valence-electron chi connectivity index (χ0n) is 13.8. The van der Waals surface area contributed by atoms with Gasteiger partial charge in [-0.1, -0.05) is 12.1 Å². The number of rotatable bonds is 4. The second kappa shape index (κ2) is 6.98. The minimum absolute atomic E-state index is 0.0909. The lowest BCUT2D eigenvalue weighted by molar-refractivity contribution is 0.104. The molecule has 27 heavy (non-hydrogen) atoms. The number of hydrogen-bond donors (Lipinski definition) is 0. The van der Waals surface area contributed by atoms with E-state index in [-0.39, 0.29) is 11.1 Å². The van der Waals surface area contributed by atoms with Crippen LogP contribution in [0, 0.1) is 17.1 Å². The zero-order chi connectivity index (χ0) is 18.8. The van der Waals surface area contributed by atoms with E-state index in [1.54, 1.807) is 12.1 Å². The second-order valence-electron chi connectivity index (χ2n) is 5.69. The molecule has 0 saturated carbocycles. The molecule has 130 valence electrons. The number of fused-ring (bicyclic) bond motifs is 1. The van der Waals surface area contributed by atoms with Gasteiger partial charge in [0.1, 0.15) is 23.2 Å². The third-order valence-corrected chi connectivity index (χ3v) is 4.94. The standard InChI is InChI=1S/C21H11FN2O2S/c22-15-7-5-13(6-8-15)20(25)14(12-23)11-16-9-10-18(26-16)21-24-17-3-1-2-4-19(17)27-21/h1-11H/b14-11+. The van der Waals surface area contributed by atoms with E-state index in [0.717, 1.165) is 15.2 Å². The van der Waals surface area contributed by atoms with Gasteiger partial charge in [0.2, 0.25) is 5.78 Å². The Morgan fingerprint density at radius 3 is 2.63 bits per heavy atom. The summed E-state index contributed by atoms with van der Waals surface area (Å²) in [5, 5.41) is 10.0. The number of thiazole rings is 1. The third kappa shape index (κ3) is 3.41. The molecule has 0 N–H and O–H groups in total. The molecule has 0 aliphatic heterocycles. The van der Waals surface area contributed by atoms with Gasteiger partial charge in [-0.2, -0.15) is 5.26 Å². The average molecular weight is 374 g/mol. The summed E-state index contributed by atoms with van der Waals surface area (Å²) in [6.07, 6.45) is 1.38. The van der Waals surface area contributed by atoms with Crippen molar-refractivity contribution in [2.24, 2.45) is 0 Å². The van der Waals surface area contributed by atoms with E-state index in [0.29, 0.717) is 11.5 Å². The minimum Gasteiger partial charge on any atom is -0.454 e. The Labute approximate surface area is 157 Å². The first-order chi connectivity index (χ1) is 13.1. The molecule has 0 saturated heterocycles. The molecule has 0 radical (unpaired) electrons. The fraction of sp³-hybridized carbons (Fsp3) is 0. The number of carbonyl (C=O) groups excluding carboxylic acids is 1. The van der Waals surface area contributed by atoms with E-state index in [2.05, 4.69) is 4.98 Å². The van der Waals surface area contributed by atoms with Crippen molar-refractivity contribution in [2.45, 2.75) is 0 Å². The van der Waals surface area contributed by atoms with Crippen molar-refractivity contribution in [2.75, 3.05) is 0 Å². The second-order valence-corrected chi connectivity index (χ2v) is 6.73. The highest BCUT2D eigenvalue weighted by molar-refractivity contribution is 7.21. The SMILES string of the molecule is N#C/C(=C\c1ccc(-c2nc3ccccc3s2)o1)C(=O)c1ccc(F)cc1. The van der Waals surface area contributed by atoms with Crippen molar-refractivity contribution in [3.8, 4) is 16.8 Å². The van der Waals surface area contributed by atoms with Gasteiger partial charge in [0, 0.05) is 11.6 Å².